The molecule has 50 valence electrons. The molecule has 2 nitrogen and oxygen atoms in total. The molecule has 1 aromatic heterocycles. The van der Waals surface area contributed by atoms with Gasteiger partial charge in [-0.05, 0) is 0 Å². The molecule has 0 aliphatic rings. The van der Waals surface area contributed by atoms with Crippen LogP contribution >= 0.6 is 0 Å². The van der Waals surface area contributed by atoms with Gasteiger partial charge in [-0.15, -0.1) is 0 Å². The zero-order valence-corrected chi connectivity index (χ0v) is 6.05. The maximum absolute atomic E-state index is 3.94. The van der Waals surface area contributed by atoms with Crippen molar-refractivity contribution < 1.29 is 0 Å². The van der Waals surface area contributed by atoms with E-state index >= 15 is 0 Å². The van der Waals surface area contributed by atoms with Crippen LogP contribution in [0.2, 0.25) is 0 Å². The quantitative estimate of drug-likeness (QED) is 0.520. The third-order valence-electron chi connectivity index (χ3n) is 1.23. The highest BCUT2D eigenvalue weighted by molar-refractivity contribution is 5.08. The zero-order valence-electron chi connectivity index (χ0n) is 6.05. The van der Waals surface area contributed by atoms with Gasteiger partial charge in [-0.2, -0.15) is 6.20 Å². The molecule has 0 atom stereocenters. The third-order valence-corrected chi connectivity index (χ3v) is 1.23. The summed E-state index contributed by atoms with van der Waals surface area (Å²) in [6.07, 6.45) is 1.72. The lowest BCUT2D eigenvalue weighted by atomic mass is 9.93. The van der Waals surface area contributed by atoms with Crippen LogP contribution in [0.25, 0.3) is 0 Å². The Balaban J connectivity index is 2.90. The second-order valence-corrected chi connectivity index (χ2v) is 3.17. The molecule has 0 aliphatic heterocycles. The molecule has 0 saturated carbocycles. The smallest absolute Gasteiger partial charge is 0.0214 e. The highest BCUT2D eigenvalue weighted by atomic mass is 15.1. The van der Waals surface area contributed by atoms with E-state index < -0.39 is 0 Å². The topological polar surface area (TPSA) is 27.0 Å². The Labute approximate surface area is 55.3 Å². The molecule has 0 unspecified atom stereocenters. The van der Waals surface area contributed by atoms with Gasteiger partial charge in [0.05, 0.1) is 0 Å². The van der Waals surface area contributed by atoms with Gasteiger partial charge in [-0.1, -0.05) is 26.8 Å². The SMILES string of the molecule is CC(C)(C)c1cc[n-]n1. The maximum atomic E-state index is 3.94. The molecule has 1 rings (SSSR count). The highest BCUT2D eigenvalue weighted by Gasteiger charge is 2.11. The van der Waals surface area contributed by atoms with Crippen molar-refractivity contribution in [1.29, 1.82) is 0 Å². The molecule has 0 radical (unpaired) electrons. The molecule has 1 aromatic rings. The summed E-state index contributed by atoms with van der Waals surface area (Å²) < 4.78 is 0. The molecule has 9 heavy (non-hydrogen) atoms. The van der Waals surface area contributed by atoms with Crippen molar-refractivity contribution in [3.8, 4) is 0 Å². The number of rotatable bonds is 0. The molecule has 2 heteroatoms. The fourth-order valence-corrected chi connectivity index (χ4v) is 0.633. The van der Waals surface area contributed by atoms with Gasteiger partial charge in [0.2, 0.25) is 0 Å². The van der Waals surface area contributed by atoms with E-state index in [1.54, 1.807) is 6.20 Å². The minimum Gasteiger partial charge on any atom is -0.581 e. The van der Waals surface area contributed by atoms with Gasteiger partial charge in [0, 0.05) is 11.1 Å². The van der Waals surface area contributed by atoms with E-state index in [0.29, 0.717) is 0 Å². The van der Waals surface area contributed by atoms with Gasteiger partial charge < -0.3 is 10.2 Å². The molecule has 0 spiro atoms. The second kappa shape index (κ2) is 1.87. The predicted octanol–water partition coefficient (Wildman–Crippen LogP) is 1.34. The largest absolute Gasteiger partial charge is 0.581 e. The normalized spacial score (nSPS) is 11.9. The first-order chi connectivity index (χ1) is 4.11. The van der Waals surface area contributed by atoms with Crippen LogP contribution < -0.4 is 5.10 Å². The van der Waals surface area contributed by atoms with Crippen molar-refractivity contribution in [2.24, 2.45) is 0 Å². The number of aromatic nitrogens is 2. The van der Waals surface area contributed by atoms with Crippen molar-refractivity contribution in [3.05, 3.63) is 18.0 Å². The van der Waals surface area contributed by atoms with E-state index in [2.05, 4.69) is 31.0 Å². The van der Waals surface area contributed by atoms with Crippen molar-refractivity contribution in [2.45, 2.75) is 26.2 Å². The summed E-state index contributed by atoms with van der Waals surface area (Å²) in [4.78, 5) is 0. The van der Waals surface area contributed by atoms with Gasteiger partial charge in [0.1, 0.15) is 0 Å². The molecule has 0 N–H and O–H groups in total. The lowest BCUT2D eigenvalue weighted by Gasteiger charge is -2.16. The summed E-state index contributed by atoms with van der Waals surface area (Å²) in [6.45, 7) is 6.37. The summed E-state index contributed by atoms with van der Waals surface area (Å²) in [6, 6.07) is 1.94. The summed E-state index contributed by atoms with van der Waals surface area (Å²) in [5.41, 5.74) is 1.21. The number of hydrogen-bond donors (Lipinski definition) is 0. The summed E-state index contributed by atoms with van der Waals surface area (Å²) in [5.74, 6) is 0. The van der Waals surface area contributed by atoms with E-state index in [1.165, 1.54) is 0 Å². The van der Waals surface area contributed by atoms with Crippen molar-refractivity contribution in [3.63, 3.8) is 0 Å². The van der Waals surface area contributed by atoms with Gasteiger partial charge in [-0.3, -0.25) is 0 Å². The average Bonchev–Trinajstić information content (AvgIpc) is 2.08. The molecule has 0 aliphatic carbocycles. The minimum atomic E-state index is 0.149. The Morgan fingerprint density at radius 1 is 1.44 bits per heavy atom. The Morgan fingerprint density at radius 3 is 2.33 bits per heavy atom. The van der Waals surface area contributed by atoms with Gasteiger partial charge >= 0.3 is 0 Å². The highest BCUT2D eigenvalue weighted by Crippen LogP contribution is 2.17. The molecule has 0 saturated heterocycles. The minimum absolute atomic E-state index is 0.149. The van der Waals surface area contributed by atoms with Crippen molar-refractivity contribution >= 4 is 0 Å². The van der Waals surface area contributed by atoms with E-state index in [1.807, 2.05) is 6.07 Å². The van der Waals surface area contributed by atoms with E-state index in [-0.39, 0.29) is 5.41 Å². The van der Waals surface area contributed by atoms with Crippen LogP contribution in [-0.4, -0.2) is 5.10 Å². The summed E-state index contributed by atoms with van der Waals surface area (Å²) in [7, 11) is 0. The first kappa shape index (κ1) is 6.33. The lowest BCUT2D eigenvalue weighted by Crippen LogP contribution is -2.11. The van der Waals surface area contributed by atoms with Crippen LogP contribution in [0.3, 0.4) is 0 Å². The van der Waals surface area contributed by atoms with E-state index in [0.717, 1.165) is 5.69 Å². The first-order valence-corrected chi connectivity index (χ1v) is 3.05. The van der Waals surface area contributed by atoms with Crippen LogP contribution in [0.1, 0.15) is 26.5 Å². The molecular formula is C7H11N2-. The zero-order chi connectivity index (χ0) is 6.91. The number of nitrogens with zero attached hydrogens (tertiary/aromatic N) is 2. The van der Waals surface area contributed by atoms with Crippen molar-refractivity contribution in [2.75, 3.05) is 0 Å². The fourth-order valence-electron chi connectivity index (χ4n) is 0.633. The average molecular weight is 123 g/mol. The van der Waals surface area contributed by atoms with Crippen LogP contribution in [0.5, 0.6) is 0 Å². The van der Waals surface area contributed by atoms with Crippen molar-refractivity contribution in [1.82, 2.24) is 10.2 Å². The molecule has 0 bridgehead atoms. The maximum Gasteiger partial charge on any atom is 0.0214 e. The van der Waals surface area contributed by atoms with Gasteiger partial charge in [0.25, 0.3) is 0 Å². The third kappa shape index (κ3) is 1.31. The standard InChI is InChI=1S/C7H11N2/c1-7(2,3)6-4-5-8-9-6/h4-5H,1-3H3/q-1. The molecule has 0 aromatic carbocycles. The van der Waals surface area contributed by atoms with Crippen LogP contribution in [0.4, 0.5) is 0 Å². The Morgan fingerprint density at radius 2 is 2.11 bits per heavy atom. The molecule has 0 fully saturated rings. The predicted molar refractivity (Wildman–Crippen MR) is 36.3 cm³/mol. The summed E-state index contributed by atoms with van der Waals surface area (Å²) in [5, 5.41) is 7.68. The van der Waals surface area contributed by atoms with Gasteiger partial charge in [-0.25, -0.2) is 0 Å². The first-order valence-electron chi connectivity index (χ1n) is 3.05. The monoisotopic (exact) mass is 123 g/mol. The summed E-state index contributed by atoms with van der Waals surface area (Å²) >= 11 is 0. The Kier molecular flexibility index (Phi) is 1.31. The lowest BCUT2D eigenvalue weighted by molar-refractivity contribution is 0.566. The van der Waals surface area contributed by atoms with Crippen LogP contribution in [0, 0.1) is 0 Å². The van der Waals surface area contributed by atoms with Crippen LogP contribution in [0.15, 0.2) is 12.3 Å². The van der Waals surface area contributed by atoms with Crippen LogP contribution in [-0.2, 0) is 5.41 Å². The number of hydrogen-bond acceptors (Lipinski definition) is 1. The fraction of sp³-hybridized carbons (Fsp3) is 0.571. The second-order valence-electron chi connectivity index (χ2n) is 3.17. The van der Waals surface area contributed by atoms with Gasteiger partial charge in [0.15, 0.2) is 0 Å². The van der Waals surface area contributed by atoms with E-state index in [4.69, 9.17) is 0 Å². The molecule has 0 amide bonds. The molecule has 1 heterocycles. The van der Waals surface area contributed by atoms with E-state index in [9.17, 15) is 0 Å². The Bertz CT molecular complexity index is 169. The molecular weight excluding hydrogens is 112 g/mol. The Hall–Kier alpha value is -0.790.